The molecule has 31 heavy (non-hydrogen) atoms. The van der Waals surface area contributed by atoms with Gasteiger partial charge < -0.3 is 0 Å². The van der Waals surface area contributed by atoms with Crippen LogP contribution in [0.15, 0.2) is 64.6 Å². The van der Waals surface area contributed by atoms with Crippen molar-refractivity contribution >= 4 is 26.7 Å². The van der Waals surface area contributed by atoms with Crippen LogP contribution in [-0.4, -0.2) is 29.4 Å². The summed E-state index contributed by atoms with van der Waals surface area (Å²) in [5.41, 5.74) is 2.62. The molecule has 0 saturated heterocycles. The normalized spacial score (nSPS) is 11.7. The first-order valence-electron chi connectivity index (χ1n) is 9.69. The number of carbonyl (C=O) groups excluding carboxylic acids is 1. The molecule has 0 aliphatic rings. The van der Waals surface area contributed by atoms with E-state index in [9.17, 15) is 17.6 Å². The van der Waals surface area contributed by atoms with Crippen molar-refractivity contribution in [3.63, 3.8) is 0 Å². The molecule has 0 radical (unpaired) electrons. The van der Waals surface area contributed by atoms with E-state index in [1.165, 1.54) is 37.4 Å². The van der Waals surface area contributed by atoms with Crippen LogP contribution in [0.25, 0.3) is 11.0 Å². The van der Waals surface area contributed by atoms with Crippen LogP contribution < -0.4 is 0 Å². The van der Waals surface area contributed by atoms with Gasteiger partial charge in [-0.2, -0.15) is 5.10 Å². The largest absolute Gasteiger partial charge is 0.294 e. The summed E-state index contributed by atoms with van der Waals surface area (Å²) in [6.45, 7) is 3.11. The minimum Gasteiger partial charge on any atom is -0.294 e. The number of fused-ring (bicyclic) bond motifs is 1. The van der Waals surface area contributed by atoms with Crippen molar-refractivity contribution in [2.24, 2.45) is 0 Å². The predicted molar refractivity (Wildman–Crippen MR) is 114 cm³/mol. The molecular weight excluding hydrogens is 417 g/mol. The Labute approximate surface area is 179 Å². The zero-order valence-corrected chi connectivity index (χ0v) is 17.8. The smallest absolute Gasteiger partial charge is 0.206 e. The number of carbonyl (C=O) groups is 1. The van der Waals surface area contributed by atoms with Crippen LogP contribution in [0.4, 0.5) is 4.39 Å². The molecule has 2 heterocycles. The predicted octanol–water partition coefficient (Wildman–Crippen LogP) is 4.36. The summed E-state index contributed by atoms with van der Waals surface area (Å²) in [5, 5.41) is 7.41. The van der Waals surface area contributed by atoms with Gasteiger partial charge in [-0.3, -0.25) is 9.89 Å². The molecule has 4 aromatic rings. The van der Waals surface area contributed by atoms with Crippen molar-refractivity contribution < 1.29 is 17.6 Å². The monoisotopic (exact) mass is 437 g/mol. The van der Waals surface area contributed by atoms with Crippen LogP contribution in [0, 0.1) is 19.7 Å². The zero-order chi connectivity index (χ0) is 22.2. The third-order valence-electron chi connectivity index (χ3n) is 5.23. The summed E-state index contributed by atoms with van der Waals surface area (Å²) in [4.78, 5) is 16.9. The van der Waals surface area contributed by atoms with E-state index in [-0.39, 0.29) is 27.6 Å². The van der Waals surface area contributed by atoms with Gasteiger partial charge in [-0.25, -0.2) is 17.8 Å². The number of rotatable bonds is 6. The average molecular weight is 437 g/mol. The lowest BCUT2D eigenvalue weighted by Gasteiger charge is -2.10. The SMILES string of the molecule is Cc1cc(S(=O)(=O)c2ccc(CCC(=O)c3cnc4[nH]ncc4c3)cc2)c(C)cc1F. The number of aromatic amines is 1. The number of Topliss-reactive ketones (excluding diaryl/α,β-unsaturated/α-hetero) is 1. The summed E-state index contributed by atoms with van der Waals surface area (Å²) in [5.74, 6) is -0.483. The highest BCUT2D eigenvalue weighted by Gasteiger charge is 2.21. The van der Waals surface area contributed by atoms with Crippen LogP contribution in [0.5, 0.6) is 0 Å². The van der Waals surface area contributed by atoms with Gasteiger partial charge in [-0.1, -0.05) is 12.1 Å². The van der Waals surface area contributed by atoms with E-state index >= 15 is 0 Å². The van der Waals surface area contributed by atoms with Crippen molar-refractivity contribution in [2.45, 2.75) is 36.5 Å². The Balaban J connectivity index is 1.49. The van der Waals surface area contributed by atoms with Gasteiger partial charge in [-0.05, 0) is 67.3 Å². The molecule has 0 amide bonds. The molecule has 1 N–H and O–H groups in total. The number of hydrogen-bond donors (Lipinski definition) is 1. The summed E-state index contributed by atoms with van der Waals surface area (Å²) in [7, 11) is -3.77. The molecule has 8 heteroatoms. The second kappa shape index (κ2) is 8.03. The van der Waals surface area contributed by atoms with Gasteiger partial charge >= 0.3 is 0 Å². The van der Waals surface area contributed by atoms with Crippen LogP contribution in [0.1, 0.15) is 33.5 Å². The third-order valence-corrected chi connectivity index (χ3v) is 7.14. The highest BCUT2D eigenvalue weighted by atomic mass is 32.2. The molecule has 0 fully saturated rings. The molecule has 0 unspecified atom stereocenters. The minimum absolute atomic E-state index is 0.0512. The van der Waals surface area contributed by atoms with Gasteiger partial charge in [0.25, 0.3) is 0 Å². The molecule has 0 aliphatic heterocycles. The molecule has 0 saturated carbocycles. The fourth-order valence-corrected chi connectivity index (χ4v) is 4.96. The zero-order valence-electron chi connectivity index (χ0n) is 17.0. The van der Waals surface area contributed by atoms with Gasteiger partial charge in [0.15, 0.2) is 11.4 Å². The van der Waals surface area contributed by atoms with Crippen molar-refractivity contribution in [3.8, 4) is 0 Å². The summed E-state index contributed by atoms with van der Waals surface area (Å²) in [6, 6.07) is 10.8. The number of aryl methyl sites for hydroxylation is 3. The lowest BCUT2D eigenvalue weighted by Crippen LogP contribution is -2.06. The van der Waals surface area contributed by atoms with E-state index in [2.05, 4.69) is 15.2 Å². The highest BCUT2D eigenvalue weighted by Crippen LogP contribution is 2.26. The standard InChI is InChI=1S/C23H20FN3O3S/c1-14-10-22(15(2)9-20(14)24)31(29,30)19-6-3-16(4-7-19)5-8-21(28)17-11-18-13-26-27-23(18)25-12-17/h3-4,6-7,9-13H,5,8H2,1-2H3,(H,25,26,27). The number of aromatic nitrogens is 3. The third kappa shape index (κ3) is 4.11. The Morgan fingerprint density at radius 3 is 2.52 bits per heavy atom. The first-order chi connectivity index (χ1) is 14.8. The number of nitrogens with one attached hydrogen (secondary N) is 1. The fourth-order valence-electron chi connectivity index (χ4n) is 3.40. The number of nitrogens with zero attached hydrogens (tertiary/aromatic N) is 2. The second-order valence-corrected chi connectivity index (χ2v) is 9.39. The van der Waals surface area contributed by atoms with Crippen molar-refractivity contribution in [1.82, 2.24) is 15.2 Å². The number of benzene rings is 2. The number of sulfone groups is 1. The molecule has 2 aromatic carbocycles. The molecule has 0 spiro atoms. The maximum atomic E-state index is 13.7. The number of hydrogen-bond acceptors (Lipinski definition) is 5. The molecule has 0 aliphatic carbocycles. The maximum Gasteiger partial charge on any atom is 0.206 e. The van der Waals surface area contributed by atoms with Gasteiger partial charge in [0.2, 0.25) is 9.84 Å². The van der Waals surface area contributed by atoms with Gasteiger partial charge in [-0.15, -0.1) is 0 Å². The summed E-state index contributed by atoms with van der Waals surface area (Å²) >= 11 is 0. The van der Waals surface area contributed by atoms with E-state index in [4.69, 9.17) is 0 Å². The van der Waals surface area contributed by atoms with Crippen molar-refractivity contribution in [1.29, 1.82) is 0 Å². The van der Waals surface area contributed by atoms with Crippen molar-refractivity contribution in [2.75, 3.05) is 0 Å². The molecular formula is C23H20FN3O3S. The first-order valence-corrected chi connectivity index (χ1v) is 11.2. The lowest BCUT2D eigenvalue weighted by molar-refractivity contribution is 0.0982. The Hall–Kier alpha value is -3.39. The van der Waals surface area contributed by atoms with Gasteiger partial charge in [0, 0.05) is 23.6 Å². The van der Waals surface area contributed by atoms with E-state index in [1.807, 2.05) is 0 Å². The Kier molecular flexibility index (Phi) is 5.41. The highest BCUT2D eigenvalue weighted by molar-refractivity contribution is 7.91. The van der Waals surface area contributed by atoms with Crippen molar-refractivity contribution in [3.05, 3.63) is 82.9 Å². The van der Waals surface area contributed by atoms with E-state index in [1.54, 1.807) is 31.3 Å². The number of H-pyrrole nitrogens is 1. The van der Waals surface area contributed by atoms with Crippen LogP contribution in [-0.2, 0) is 16.3 Å². The molecule has 158 valence electrons. The quantitative estimate of drug-likeness (QED) is 0.357. The maximum absolute atomic E-state index is 13.7. The van der Waals surface area contributed by atoms with E-state index in [0.717, 1.165) is 10.9 Å². The fraction of sp³-hybridized carbons (Fsp3) is 0.174. The Morgan fingerprint density at radius 2 is 1.77 bits per heavy atom. The molecule has 6 nitrogen and oxygen atoms in total. The molecule has 0 atom stereocenters. The lowest BCUT2D eigenvalue weighted by atomic mass is 10.0. The summed E-state index contributed by atoms with van der Waals surface area (Å²) in [6.07, 6.45) is 3.87. The Bertz CT molecular complexity index is 1390. The van der Waals surface area contributed by atoms with Crippen LogP contribution in [0.2, 0.25) is 0 Å². The Morgan fingerprint density at radius 1 is 1.03 bits per heavy atom. The number of pyridine rings is 1. The average Bonchev–Trinajstić information content (AvgIpc) is 3.22. The first kappa shape index (κ1) is 20.9. The van der Waals surface area contributed by atoms with Crippen LogP contribution in [0.3, 0.4) is 0 Å². The number of ketones is 1. The second-order valence-electron chi connectivity index (χ2n) is 7.47. The summed E-state index contributed by atoms with van der Waals surface area (Å²) < 4.78 is 39.7. The number of halogens is 1. The van der Waals surface area contributed by atoms with E-state index in [0.29, 0.717) is 23.2 Å². The molecule has 4 rings (SSSR count). The van der Waals surface area contributed by atoms with Gasteiger partial charge in [0.1, 0.15) is 5.82 Å². The molecule has 2 aromatic heterocycles. The van der Waals surface area contributed by atoms with E-state index < -0.39 is 15.7 Å². The van der Waals surface area contributed by atoms with Crippen LogP contribution >= 0.6 is 0 Å². The minimum atomic E-state index is -3.77. The van der Waals surface area contributed by atoms with Gasteiger partial charge in [0.05, 0.1) is 16.0 Å². The topological polar surface area (TPSA) is 92.8 Å². The molecule has 0 bridgehead atoms.